The molecule has 2 rings (SSSR count). The second-order valence-corrected chi connectivity index (χ2v) is 4.85. The van der Waals surface area contributed by atoms with Crippen LogP contribution in [0.15, 0.2) is 18.2 Å². The number of nitrogen functional groups attached to an aromatic ring is 1. The van der Waals surface area contributed by atoms with Crippen LogP contribution in [0.5, 0.6) is 5.75 Å². The average Bonchev–Trinajstić information content (AvgIpc) is 2.61. The fourth-order valence-corrected chi connectivity index (χ4v) is 2.18. The minimum atomic E-state index is -0.231. The van der Waals surface area contributed by atoms with Crippen LogP contribution < -0.4 is 10.5 Å². The predicted molar refractivity (Wildman–Crippen MR) is 75.6 cm³/mol. The lowest BCUT2D eigenvalue weighted by Crippen LogP contribution is -2.38. The van der Waals surface area contributed by atoms with Crippen LogP contribution in [0.4, 0.5) is 5.69 Å². The molecule has 1 fully saturated rings. The van der Waals surface area contributed by atoms with E-state index >= 15 is 0 Å². The van der Waals surface area contributed by atoms with Gasteiger partial charge in [-0.25, -0.2) is 0 Å². The van der Waals surface area contributed by atoms with Crippen LogP contribution in [0.3, 0.4) is 0 Å². The molecule has 1 heterocycles. The van der Waals surface area contributed by atoms with Crippen molar-refractivity contribution < 1.29 is 14.3 Å². The first-order chi connectivity index (χ1) is 9.52. The monoisotopic (exact) mass is 277 g/mol. The van der Waals surface area contributed by atoms with Gasteiger partial charge in [0.25, 0.3) is 5.91 Å². The van der Waals surface area contributed by atoms with Crippen molar-refractivity contribution in [2.75, 3.05) is 39.5 Å². The van der Waals surface area contributed by atoms with Gasteiger partial charge in [0.2, 0.25) is 5.91 Å². The molecule has 1 aromatic carbocycles. The van der Waals surface area contributed by atoms with E-state index in [9.17, 15) is 9.59 Å². The molecule has 0 bridgehead atoms. The number of hydrogen-bond donors (Lipinski definition) is 1. The number of carbonyl (C=O) groups excluding carboxylic acids is 2. The van der Waals surface area contributed by atoms with Crippen LogP contribution in [0.25, 0.3) is 0 Å². The van der Waals surface area contributed by atoms with Gasteiger partial charge in [-0.2, -0.15) is 0 Å². The van der Waals surface area contributed by atoms with Crippen molar-refractivity contribution in [1.82, 2.24) is 9.80 Å². The predicted octanol–water partition coefficient (Wildman–Crippen LogP) is 0.582. The molecular weight excluding hydrogens is 258 g/mol. The first-order valence-corrected chi connectivity index (χ1v) is 6.49. The molecule has 1 aromatic rings. The normalized spacial score (nSPS) is 16.0. The van der Waals surface area contributed by atoms with Gasteiger partial charge in [0.05, 0.1) is 12.7 Å². The Bertz CT molecular complexity index is 530. The third-order valence-corrected chi connectivity index (χ3v) is 3.45. The van der Waals surface area contributed by atoms with Crippen LogP contribution in [0, 0.1) is 0 Å². The highest BCUT2D eigenvalue weighted by Crippen LogP contribution is 2.21. The number of anilines is 1. The summed E-state index contributed by atoms with van der Waals surface area (Å²) in [6.45, 7) is 1.30. The summed E-state index contributed by atoms with van der Waals surface area (Å²) >= 11 is 0. The maximum atomic E-state index is 12.5. The largest absolute Gasteiger partial charge is 0.497 e. The van der Waals surface area contributed by atoms with Crippen LogP contribution in [-0.4, -0.2) is 55.4 Å². The Labute approximate surface area is 118 Å². The molecule has 0 aromatic heterocycles. The van der Waals surface area contributed by atoms with Gasteiger partial charge < -0.3 is 20.3 Å². The van der Waals surface area contributed by atoms with E-state index in [1.807, 2.05) is 0 Å². The number of likely N-dealkylation sites (N-methyl/N-ethyl adjacent to an activating group) is 1. The number of carbonyl (C=O) groups is 2. The molecule has 1 saturated heterocycles. The van der Waals surface area contributed by atoms with Gasteiger partial charge in [-0.1, -0.05) is 0 Å². The van der Waals surface area contributed by atoms with Crippen LogP contribution in [0.2, 0.25) is 0 Å². The molecule has 2 amide bonds. The number of ether oxygens (including phenoxy) is 1. The molecule has 1 aliphatic rings. The molecule has 0 atom stereocenters. The van der Waals surface area contributed by atoms with E-state index in [1.165, 1.54) is 12.0 Å². The van der Waals surface area contributed by atoms with E-state index < -0.39 is 0 Å². The summed E-state index contributed by atoms with van der Waals surface area (Å²) in [4.78, 5) is 27.5. The summed E-state index contributed by atoms with van der Waals surface area (Å²) in [6.07, 6.45) is 0.762. The highest BCUT2D eigenvalue weighted by molar-refractivity contribution is 6.01. The fraction of sp³-hybridized carbons (Fsp3) is 0.429. The van der Waals surface area contributed by atoms with Crippen molar-refractivity contribution in [1.29, 1.82) is 0 Å². The van der Waals surface area contributed by atoms with Crippen LogP contribution in [0.1, 0.15) is 16.8 Å². The zero-order valence-corrected chi connectivity index (χ0v) is 11.8. The standard InChI is InChI=1S/C14H19N3O3/c1-16-6-3-7-17(9-13(16)18)14(19)11-8-10(20-2)4-5-12(11)15/h4-5,8H,3,6-7,9,15H2,1-2H3. The minimum absolute atomic E-state index is 0.0580. The molecule has 6 nitrogen and oxygen atoms in total. The number of benzene rings is 1. The van der Waals surface area contributed by atoms with Gasteiger partial charge >= 0.3 is 0 Å². The number of amides is 2. The van der Waals surface area contributed by atoms with E-state index in [0.717, 1.165) is 6.42 Å². The molecule has 0 saturated carbocycles. The van der Waals surface area contributed by atoms with E-state index in [-0.39, 0.29) is 18.4 Å². The lowest BCUT2D eigenvalue weighted by Gasteiger charge is -2.20. The molecule has 6 heteroatoms. The van der Waals surface area contributed by atoms with E-state index in [1.54, 1.807) is 30.1 Å². The highest BCUT2D eigenvalue weighted by atomic mass is 16.5. The van der Waals surface area contributed by atoms with Crippen molar-refractivity contribution in [2.45, 2.75) is 6.42 Å². The molecular formula is C14H19N3O3. The average molecular weight is 277 g/mol. The summed E-state index contributed by atoms with van der Waals surface area (Å²) in [7, 11) is 3.28. The summed E-state index contributed by atoms with van der Waals surface area (Å²) in [6, 6.07) is 4.95. The van der Waals surface area contributed by atoms with Crippen molar-refractivity contribution in [3.8, 4) is 5.75 Å². The first-order valence-electron chi connectivity index (χ1n) is 6.49. The van der Waals surface area contributed by atoms with Gasteiger partial charge in [-0.05, 0) is 24.6 Å². The Hall–Kier alpha value is -2.24. The maximum Gasteiger partial charge on any atom is 0.256 e. The van der Waals surface area contributed by atoms with Crippen molar-refractivity contribution in [2.24, 2.45) is 0 Å². The Morgan fingerprint density at radius 2 is 2.10 bits per heavy atom. The molecule has 20 heavy (non-hydrogen) atoms. The topological polar surface area (TPSA) is 75.9 Å². The third kappa shape index (κ3) is 2.84. The van der Waals surface area contributed by atoms with Crippen molar-refractivity contribution >= 4 is 17.5 Å². The summed E-state index contributed by atoms with van der Waals surface area (Å²) in [5, 5.41) is 0. The number of methoxy groups -OCH3 is 1. The van der Waals surface area contributed by atoms with Crippen molar-refractivity contribution in [3.05, 3.63) is 23.8 Å². The van der Waals surface area contributed by atoms with Gasteiger partial charge in [0.1, 0.15) is 12.3 Å². The molecule has 0 unspecified atom stereocenters. The molecule has 0 radical (unpaired) electrons. The lowest BCUT2D eigenvalue weighted by molar-refractivity contribution is -0.129. The van der Waals surface area contributed by atoms with E-state index in [4.69, 9.17) is 10.5 Å². The number of rotatable bonds is 2. The second kappa shape index (κ2) is 5.81. The zero-order chi connectivity index (χ0) is 14.7. The molecule has 2 N–H and O–H groups in total. The molecule has 1 aliphatic heterocycles. The number of nitrogens with zero attached hydrogens (tertiary/aromatic N) is 2. The SMILES string of the molecule is COc1ccc(N)c(C(=O)N2CCCN(C)C(=O)C2)c1. The van der Waals surface area contributed by atoms with E-state index in [0.29, 0.717) is 30.1 Å². The van der Waals surface area contributed by atoms with Gasteiger partial charge in [0.15, 0.2) is 0 Å². The Balaban J connectivity index is 2.24. The zero-order valence-electron chi connectivity index (χ0n) is 11.8. The van der Waals surface area contributed by atoms with Crippen molar-refractivity contribution in [3.63, 3.8) is 0 Å². The minimum Gasteiger partial charge on any atom is -0.497 e. The quantitative estimate of drug-likeness (QED) is 0.802. The summed E-state index contributed by atoms with van der Waals surface area (Å²) < 4.78 is 5.11. The van der Waals surface area contributed by atoms with Crippen LogP contribution in [-0.2, 0) is 4.79 Å². The molecule has 108 valence electrons. The molecule has 0 spiro atoms. The maximum absolute atomic E-state index is 12.5. The van der Waals surface area contributed by atoms with Gasteiger partial charge in [-0.3, -0.25) is 9.59 Å². The van der Waals surface area contributed by atoms with Crippen LogP contribution >= 0.6 is 0 Å². The fourth-order valence-electron chi connectivity index (χ4n) is 2.18. The third-order valence-electron chi connectivity index (χ3n) is 3.45. The first kappa shape index (κ1) is 14.2. The summed E-state index contributed by atoms with van der Waals surface area (Å²) in [5.74, 6) is 0.281. The smallest absolute Gasteiger partial charge is 0.256 e. The number of nitrogens with two attached hydrogens (primary N) is 1. The Kier molecular flexibility index (Phi) is 4.12. The Morgan fingerprint density at radius 3 is 2.80 bits per heavy atom. The highest BCUT2D eigenvalue weighted by Gasteiger charge is 2.25. The second-order valence-electron chi connectivity index (χ2n) is 4.85. The molecule has 0 aliphatic carbocycles. The van der Waals surface area contributed by atoms with Gasteiger partial charge in [0, 0.05) is 25.8 Å². The lowest BCUT2D eigenvalue weighted by atomic mass is 10.1. The Morgan fingerprint density at radius 1 is 1.35 bits per heavy atom. The van der Waals surface area contributed by atoms with Gasteiger partial charge in [-0.15, -0.1) is 0 Å². The van der Waals surface area contributed by atoms with E-state index in [2.05, 4.69) is 0 Å². The summed E-state index contributed by atoms with van der Waals surface area (Å²) in [5.41, 5.74) is 6.62. The number of hydrogen-bond acceptors (Lipinski definition) is 4.